The van der Waals surface area contributed by atoms with Gasteiger partial charge in [0, 0.05) is 12.8 Å². The van der Waals surface area contributed by atoms with E-state index in [1.165, 1.54) is 250 Å². The van der Waals surface area contributed by atoms with Gasteiger partial charge in [-0.15, -0.1) is 0 Å². The number of aliphatic hydroxyl groups is 2. The first-order chi connectivity index (χ1) is 35.0. The summed E-state index contributed by atoms with van der Waals surface area (Å²) in [6.07, 6.45) is 77.4. The molecule has 71 heavy (non-hydrogen) atoms. The fraction of sp³-hybridized carbons (Fsp3) is 0.846. The number of unbranched alkanes of at least 4 members (excludes halogenated alkanes) is 41. The van der Waals surface area contributed by atoms with Gasteiger partial charge in [0.25, 0.3) is 0 Å². The lowest BCUT2D eigenvalue weighted by Crippen LogP contribution is -2.45. The highest BCUT2D eigenvalue weighted by molar-refractivity contribution is 5.76. The van der Waals surface area contributed by atoms with E-state index in [0.29, 0.717) is 19.4 Å². The highest BCUT2D eigenvalue weighted by Gasteiger charge is 2.18. The number of carbonyl (C=O) groups excluding carboxylic acids is 2. The number of hydrogen-bond acceptors (Lipinski definition) is 5. The quantitative estimate of drug-likeness (QED) is 0.0321. The summed E-state index contributed by atoms with van der Waals surface area (Å²) < 4.78 is 5.43. The zero-order valence-corrected chi connectivity index (χ0v) is 47.5. The topological polar surface area (TPSA) is 95.9 Å². The van der Waals surface area contributed by atoms with Crippen LogP contribution in [-0.4, -0.2) is 47.4 Å². The first kappa shape index (κ1) is 68.8. The van der Waals surface area contributed by atoms with Crippen LogP contribution in [0.5, 0.6) is 0 Å². The number of amides is 1. The third-order valence-corrected chi connectivity index (χ3v) is 14.3. The predicted molar refractivity (Wildman–Crippen MR) is 310 cm³/mol. The van der Waals surface area contributed by atoms with E-state index in [1.54, 1.807) is 6.08 Å². The number of hydrogen-bond donors (Lipinski definition) is 3. The Morgan fingerprint density at radius 3 is 1.08 bits per heavy atom. The van der Waals surface area contributed by atoms with Gasteiger partial charge in [0.1, 0.15) is 0 Å². The van der Waals surface area contributed by atoms with Crippen molar-refractivity contribution in [3.8, 4) is 0 Å². The first-order valence-electron chi connectivity index (χ1n) is 31.4. The standard InChI is InChI=1S/C65H121NO5/c1-3-5-7-9-11-13-15-17-19-26-31-35-39-43-47-51-55-59-65(70)71-60-56-52-48-44-40-36-32-28-25-23-21-22-24-27-30-34-38-42-46-50-54-58-64(69)66-62(61-67)63(68)57-53-49-45-41-37-33-29-20-18-16-14-12-10-8-6-4-2/h17,19,36,40,48,52-53,57,62-63,67-68H,3-16,18,20-35,37-39,41-47,49-51,54-56,58-61H2,1-2H3,(H,66,69)/b19-17-,40-36-,52-48-,57-53+. The molecule has 0 aromatic rings. The smallest absolute Gasteiger partial charge is 0.305 e. The van der Waals surface area contributed by atoms with Crippen molar-refractivity contribution in [1.29, 1.82) is 0 Å². The minimum absolute atomic E-state index is 0.0393. The summed E-state index contributed by atoms with van der Waals surface area (Å²) in [4.78, 5) is 24.5. The van der Waals surface area contributed by atoms with Gasteiger partial charge in [-0.05, 0) is 77.0 Å². The molecule has 0 heterocycles. The van der Waals surface area contributed by atoms with Crippen molar-refractivity contribution in [1.82, 2.24) is 5.32 Å². The maximum absolute atomic E-state index is 12.5. The lowest BCUT2D eigenvalue weighted by Gasteiger charge is -2.20. The molecule has 0 rings (SSSR count). The van der Waals surface area contributed by atoms with Gasteiger partial charge < -0.3 is 20.3 Å². The van der Waals surface area contributed by atoms with Gasteiger partial charge >= 0.3 is 5.97 Å². The van der Waals surface area contributed by atoms with E-state index in [0.717, 1.165) is 51.4 Å². The Labute approximate surface area is 442 Å². The molecule has 416 valence electrons. The second-order valence-electron chi connectivity index (χ2n) is 21.4. The van der Waals surface area contributed by atoms with Crippen molar-refractivity contribution in [2.75, 3.05) is 13.2 Å². The van der Waals surface area contributed by atoms with Gasteiger partial charge in [-0.1, -0.05) is 287 Å². The molecule has 0 aliphatic heterocycles. The van der Waals surface area contributed by atoms with E-state index >= 15 is 0 Å². The molecule has 6 heteroatoms. The number of esters is 1. The number of aliphatic hydroxyl groups excluding tert-OH is 2. The average molecular weight is 997 g/mol. The van der Waals surface area contributed by atoms with Crippen LogP contribution in [-0.2, 0) is 14.3 Å². The van der Waals surface area contributed by atoms with Crippen molar-refractivity contribution >= 4 is 11.9 Å². The molecule has 2 unspecified atom stereocenters. The van der Waals surface area contributed by atoms with Crippen LogP contribution >= 0.6 is 0 Å². The molecule has 0 aromatic carbocycles. The number of ether oxygens (including phenoxy) is 1. The summed E-state index contributed by atoms with van der Waals surface area (Å²) in [5.41, 5.74) is 0. The number of nitrogens with one attached hydrogen (secondary N) is 1. The van der Waals surface area contributed by atoms with Crippen molar-refractivity contribution in [2.24, 2.45) is 0 Å². The van der Waals surface area contributed by atoms with Crippen LogP contribution in [0.1, 0.15) is 328 Å². The molecule has 2 atom stereocenters. The van der Waals surface area contributed by atoms with Crippen LogP contribution in [0.15, 0.2) is 48.6 Å². The summed E-state index contributed by atoms with van der Waals surface area (Å²) in [6.45, 7) is 4.80. The molecule has 3 N–H and O–H groups in total. The zero-order chi connectivity index (χ0) is 51.4. The molecule has 0 aromatic heterocycles. The number of allylic oxidation sites excluding steroid dienone is 6. The first-order valence-corrected chi connectivity index (χ1v) is 31.4. The van der Waals surface area contributed by atoms with Crippen LogP contribution in [0.3, 0.4) is 0 Å². The van der Waals surface area contributed by atoms with Crippen molar-refractivity contribution < 1.29 is 24.5 Å². The molecule has 0 saturated carbocycles. The average Bonchev–Trinajstić information content (AvgIpc) is 3.37. The van der Waals surface area contributed by atoms with Gasteiger partial charge in [0.2, 0.25) is 5.91 Å². The maximum Gasteiger partial charge on any atom is 0.305 e. The predicted octanol–water partition coefficient (Wildman–Crippen LogP) is 19.7. The third kappa shape index (κ3) is 57.0. The van der Waals surface area contributed by atoms with Crippen molar-refractivity contribution in [3.63, 3.8) is 0 Å². The van der Waals surface area contributed by atoms with Gasteiger partial charge in [0.05, 0.1) is 25.4 Å². The van der Waals surface area contributed by atoms with Gasteiger partial charge in [-0.3, -0.25) is 9.59 Å². The summed E-state index contributed by atoms with van der Waals surface area (Å²) in [6, 6.07) is -0.633. The molecule has 0 fully saturated rings. The van der Waals surface area contributed by atoms with Crippen molar-refractivity contribution in [2.45, 2.75) is 341 Å². The third-order valence-electron chi connectivity index (χ3n) is 14.3. The highest BCUT2D eigenvalue weighted by Crippen LogP contribution is 2.17. The Kier molecular flexibility index (Phi) is 58.5. The number of rotatable bonds is 58. The van der Waals surface area contributed by atoms with Gasteiger partial charge in [0.15, 0.2) is 0 Å². The largest absolute Gasteiger partial charge is 0.465 e. The fourth-order valence-corrected chi connectivity index (χ4v) is 9.53. The van der Waals surface area contributed by atoms with Crippen LogP contribution < -0.4 is 5.32 Å². The van der Waals surface area contributed by atoms with Crippen LogP contribution in [0.4, 0.5) is 0 Å². The normalized spacial score (nSPS) is 12.9. The molecular formula is C65H121NO5. The molecule has 0 aliphatic carbocycles. The summed E-state index contributed by atoms with van der Waals surface area (Å²) in [5.74, 6) is -0.111. The molecule has 0 aliphatic rings. The molecule has 0 radical (unpaired) electrons. The van der Waals surface area contributed by atoms with Gasteiger partial charge in [-0.2, -0.15) is 0 Å². The molecule has 0 spiro atoms. The zero-order valence-electron chi connectivity index (χ0n) is 47.5. The van der Waals surface area contributed by atoms with E-state index in [2.05, 4.69) is 55.6 Å². The minimum atomic E-state index is -0.849. The summed E-state index contributed by atoms with van der Waals surface area (Å²) in [5, 5.41) is 23.1. The lowest BCUT2D eigenvalue weighted by atomic mass is 10.0. The Bertz CT molecular complexity index is 1190. The van der Waals surface area contributed by atoms with Crippen LogP contribution in [0.2, 0.25) is 0 Å². The monoisotopic (exact) mass is 996 g/mol. The second kappa shape index (κ2) is 60.4. The van der Waals surface area contributed by atoms with Crippen molar-refractivity contribution in [3.05, 3.63) is 48.6 Å². The maximum atomic E-state index is 12.5. The van der Waals surface area contributed by atoms with E-state index in [-0.39, 0.29) is 18.5 Å². The molecule has 1 amide bonds. The lowest BCUT2D eigenvalue weighted by molar-refractivity contribution is -0.143. The highest BCUT2D eigenvalue weighted by atomic mass is 16.5. The number of carbonyl (C=O) groups is 2. The Hall–Kier alpha value is -2.18. The molecular weight excluding hydrogens is 875 g/mol. The Morgan fingerprint density at radius 1 is 0.394 bits per heavy atom. The van der Waals surface area contributed by atoms with E-state index < -0.39 is 12.1 Å². The van der Waals surface area contributed by atoms with Crippen LogP contribution in [0.25, 0.3) is 0 Å². The SMILES string of the molecule is CCCCCCCC/C=C\CCCCCCCCCC(=O)OCC/C=C\C/C=C\CCCCCCCCCCCCCCCCC(=O)NC(CO)C(O)/C=C/CCCCCCCCCCCCCCCC. The fourth-order valence-electron chi connectivity index (χ4n) is 9.53. The van der Waals surface area contributed by atoms with E-state index in [4.69, 9.17) is 4.74 Å². The van der Waals surface area contributed by atoms with E-state index in [9.17, 15) is 19.8 Å². The molecule has 6 nitrogen and oxygen atoms in total. The van der Waals surface area contributed by atoms with Crippen LogP contribution in [0, 0.1) is 0 Å². The Balaban J connectivity index is 3.47. The molecule has 0 bridgehead atoms. The Morgan fingerprint density at radius 2 is 0.704 bits per heavy atom. The minimum Gasteiger partial charge on any atom is -0.465 e. The molecule has 0 saturated heterocycles. The summed E-state index contributed by atoms with van der Waals surface area (Å²) in [7, 11) is 0. The van der Waals surface area contributed by atoms with E-state index in [1.807, 2.05) is 6.08 Å². The summed E-state index contributed by atoms with van der Waals surface area (Å²) >= 11 is 0. The van der Waals surface area contributed by atoms with Gasteiger partial charge in [-0.25, -0.2) is 0 Å². The second-order valence-corrected chi connectivity index (χ2v) is 21.4.